The van der Waals surface area contributed by atoms with Crippen molar-refractivity contribution in [3.8, 4) is 6.07 Å². The standard InChI is InChI=1S/C15H15N3O3/c1-2-3-8-21-15(20)10(9-16)13-14(19)18-12-7-5-4-6-11(12)17-13/h4-7,17H,2-3,8H2,1H3,(H,18,19)/b13-10+. The van der Waals surface area contributed by atoms with Gasteiger partial charge in [-0.15, -0.1) is 0 Å². The molecule has 21 heavy (non-hydrogen) atoms. The number of rotatable bonds is 4. The van der Waals surface area contributed by atoms with Crippen molar-refractivity contribution in [3.05, 3.63) is 35.5 Å². The number of amides is 1. The summed E-state index contributed by atoms with van der Waals surface area (Å²) < 4.78 is 4.99. The van der Waals surface area contributed by atoms with E-state index >= 15 is 0 Å². The maximum atomic E-state index is 12.0. The van der Waals surface area contributed by atoms with Crippen LogP contribution in [0.15, 0.2) is 35.5 Å². The minimum Gasteiger partial charge on any atom is -0.462 e. The number of unbranched alkanes of at least 4 members (excludes halogenated alkanes) is 1. The summed E-state index contributed by atoms with van der Waals surface area (Å²) in [5.41, 5.74) is 0.819. The fourth-order valence-electron chi connectivity index (χ4n) is 1.84. The molecular weight excluding hydrogens is 270 g/mol. The van der Waals surface area contributed by atoms with Crippen LogP contribution in [0, 0.1) is 11.3 Å². The van der Waals surface area contributed by atoms with E-state index in [0.29, 0.717) is 17.8 Å². The van der Waals surface area contributed by atoms with Crippen LogP contribution in [0.5, 0.6) is 0 Å². The molecule has 0 saturated carbocycles. The lowest BCUT2D eigenvalue weighted by atomic mass is 10.1. The number of hydrogen-bond acceptors (Lipinski definition) is 5. The highest BCUT2D eigenvalue weighted by Crippen LogP contribution is 2.28. The van der Waals surface area contributed by atoms with E-state index in [4.69, 9.17) is 10.00 Å². The van der Waals surface area contributed by atoms with E-state index in [1.165, 1.54) is 0 Å². The summed E-state index contributed by atoms with van der Waals surface area (Å²) in [6.45, 7) is 2.19. The molecule has 0 aliphatic carbocycles. The zero-order valence-electron chi connectivity index (χ0n) is 11.6. The molecule has 0 spiro atoms. The van der Waals surface area contributed by atoms with E-state index in [9.17, 15) is 9.59 Å². The number of nitrogens with zero attached hydrogens (tertiary/aromatic N) is 1. The number of nitriles is 1. The number of carbonyl (C=O) groups is 2. The van der Waals surface area contributed by atoms with Crippen LogP contribution in [0.3, 0.4) is 0 Å². The van der Waals surface area contributed by atoms with Gasteiger partial charge in [-0.1, -0.05) is 25.5 Å². The predicted octanol–water partition coefficient (Wildman–Crippen LogP) is 2.17. The van der Waals surface area contributed by atoms with Gasteiger partial charge >= 0.3 is 5.97 Å². The van der Waals surface area contributed by atoms with Crippen molar-refractivity contribution in [2.24, 2.45) is 0 Å². The lowest BCUT2D eigenvalue weighted by molar-refractivity contribution is -0.138. The summed E-state index contributed by atoms with van der Waals surface area (Å²) in [5.74, 6) is -1.32. The fourth-order valence-corrected chi connectivity index (χ4v) is 1.84. The van der Waals surface area contributed by atoms with Crippen molar-refractivity contribution in [1.29, 1.82) is 5.26 Å². The summed E-state index contributed by atoms with van der Waals surface area (Å²) >= 11 is 0. The Morgan fingerprint density at radius 2 is 1.95 bits per heavy atom. The fraction of sp³-hybridized carbons (Fsp3) is 0.267. The van der Waals surface area contributed by atoms with Crippen LogP contribution < -0.4 is 10.6 Å². The van der Waals surface area contributed by atoms with Crippen molar-refractivity contribution < 1.29 is 14.3 Å². The molecule has 1 aliphatic rings. The number of fused-ring (bicyclic) bond motifs is 1. The van der Waals surface area contributed by atoms with Crippen molar-refractivity contribution >= 4 is 23.3 Å². The molecule has 1 heterocycles. The van der Waals surface area contributed by atoms with Crippen molar-refractivity contribution in [3.63, 3.8) is 0 Å². The van der Waals surface area contributed by atoms with E-state index in [1.54, 1.807) is 30.3 Å². The molecule has 1 aliphatic heterocycles. The van der Waals surface area contributed by atoms with Crippen LogP contribution in [0.25, 0.3) is 0 Å². The summed E-state index contributed by atoms with van der Waals surface area (Å²) in [4.78, 5) is 23.9. The average molecular weight is 285 g/mol. The Morgan fingerprint density at radius 1 is 1.29 bits per heavy atom. The molecule has 0 radical (unpaired) electrons. The zero-order valence-corrected chi connectivity index (χ0v) is 11.6. The van der Waals surface area contributed by atoms with E-state index in [-0.39, 0.29) is 17.9 Å². The summed E-state index contributed by atoms with van der Waals surface area (Å²) in [6, 6.07) is 8.77. The Balaban J connectivity index is 2.26. The molecule has 0 saturated heterocycles. The number of ether oxygens (including phenoxy) is 1. The van der Waals surface area contributed by atoms with Gasteiger partial charge in [-0.05, 0) is 18.6 Å². The first kappa shape index (κ1) is 14.6. The van der Waals surface area contributed by atoms with Gasteiger partial charge in [0.05, 0.1) is 18.0 Å². The first-order chi connectivity index (χ1) is 10.2. The molecule has 1 aromatic carbocycles. The molecular formula is C15H15N3O3. The molecule has 6 heteroatoms. The first-order valence-electron chi connectivity index (χ1n) is 6.66. The van der Waals surface area contributed by atoms with Gasteiger partial charge in [-0.3, -0.25) is 4.79 Å². The Morgan fingerprint density at radius 3 is 2.57 bits per heavy atom. The third-order valence-corrected chi connectivity index (χ3v) is 2.96. The predicted molar refractivity (Wildman–Crippen MR) is 77.2 cm³/mol. The second-order valence-electron chi connectivity index (χ2n) is 4.48. The third kappa shape index (κ3) is 3.20. The maximum Gasteiger partial charge on any atom is 0.351 e. The number of para-hydroxylation sites is 2. The largest absolute Gasteiger partial charge is 0.462 e. The van der Waals surface area contributed by atoms with Gasteiger partial charge in [0.1, 0.15) is 11.8 Å². The molecule has 1 amide bonds. The van der Waals surface area contributed by atoms with Crippen molar-refractivity contribution in [2.75, 3.05) is 17.2 Å². The Bertz CT molecular complexity index is 644. The van der Waals surface area contributed by atoms with Crippen LogP contribution in [0.4, 0.5) is 11.4 Å². The molecule has 0 aromatic heterocycles. The Kier molecular flexibility index (Phi) is 4.57. The molecule has 0 unspecified atom stereocenters. The van der Waals surface area contributed by atoms with Crippen molar-refractivity contribution in [2.45, 2.75) is 19.8 Å². The number of benzene rings is 1. The minimum absolute atomic E-state index is 0.0855. The van der Waals surface area contributed by atoms with Gasteiger partial charge in [-0.25, -0.2) is 4.79 Å². The SMILES string of the molecule is CCCCOC(=O)/C(C#N)=C1/Nc2ccccc2NC1=O. The second-order valence-corrected chi connectivity index (χ2v) is 4.48. The van der Waals surface area contributed by atoms with Crippen LogP contribution in [-0.2, 0) is 14.3 Å². The smallest absolute Gasteiger partial charge is 0.351 e. The van der Waals surface area contributed by atoms with E-state index in [1.807, 2.05) is 6.92 Å². The first-order valence-corrected chi connectivity index (χ1v) is 6.66. The number of hydrogen-bond donors (Lipinski definition) is 2. The topological polar surface area (TPSA) is 91.2 Å². The van der Waals surface area contributed by atoms with E-state index in [2.05, 4.69) is 10.6 Å². The number of anilines is 2. The highest BCUT2D eigenvalue weighted by molar-refractivity contribution is 6.15. The molecule has 2 rings (SSSR count). The summed E-state index contributed by atoms with van der Waals surface area (Å²) in [5, 5.41) is 14.6. The van der Waals surface area contributed by atoms with Crippen LogP contribution >= 0.6 is 0 Å². The molecule has 0 bridgehead atoms. The molecule has 108 valence electrons. The highest BCUT2D eigenvalue weighted by Gasteiger charge is 2.27. The zero-order chi connectivity index (χ0) is 15.2. The van der Waals surface area contributed by atoms with E-state index in [0.717, 1.165) is 6.42 Å². The summed E-state index contributed by atoms with van der Waals surface area (Å²) in [7, 11) is 0. The van der Waals surface area contributed by atoms with Gasteiger partial charge in [0.2, 0.25) is 0 Å². The maximum absolute atomic E-state index is 12.0. The lowest BCUT2D eigenvalue weighted by Gasteiger charge is -2.21. The third-order valence-electron chi connectivity index (χ3n) is 2.96. The van der Waals surface area contributed by atoms with Crippen LogP contribution in [0.1, 0.15) is 19.8 Å². The molecule has 2 N–H and O–H groups in total. The van der Waals surface area contributed by atoms with Crippen LogP contribution in [0.2, 0.25) is 0 Å². The van der Waals surface area contributed by atoms with Gasteiger partial charge in [-0.2, -0.15) is 5.26 Å². The number of nitrogens with one attached hydrogen (secondary N) is 2. The van der Waals surface area contributed by atoms with Gasteiger partial charge in [0.25, 0.3) is 5.91 Å². The highest BCUT2D eigenvalue weighted by atomic mass is 16.5. The molecule has 1 aromatic rings. The molecule has 6 nitrogen and oxygen atoms in total. The number of carbonyl (C=O) groups excluding carboxylic acids is 2. The minimum atomic E-state index is -0.789. The van der Waals surface area contributed by atoms with Gasteiger partial charge in [0.15, 0.2) is 5.57 Å². The Labute approximate surface area is 122 Å². The Hall–Kier alpha value is -2.81. The van der Waals surface area contributed by atoms with Gasteiger partial charge in [0, 0.05) is 0 Å². The monoisotopic (exact) mass is 285 g/mol. The molecule has 0 fully saturated rings. The second kappa shape index (κ2) is 6.57. The number of esters is 1. The summed E-state index contributed by atoms with van der Waals surface area (Å²) in [6.07, 6.45) is 1.58. The van der Waals surface area contributed by atoms with Gasteiger partial charge < -0.3 is 15.4 Å². The lowest BCUT2D eigenvalue weighted by Crippen LogP contribution is -2.28. The van der Waals surface area contributed by atoms with Crippen molar-refractivity contribution in [1.82, 2.24) is 0 Å². The van der Waals surface area contributed by atoms with E-state index < -0.39 is 11.9 Å². The normalized spacial score (nSPS) is 15.1. The molecule has 0 atom stereocenters. The average Bonchev–Trinajstić information content (AvgIpc) is 2.49. The van der Waals surface area contributed by atoms with Crippen LogP contribution in [-0.4, -0.2) is 18.5 Å². The quantitative estimate of drug-likeness (QED) is 0.383.